The molecule has 1 atom stereocenters. The van der Waals surface area contributed by atoms with Crippen molar-refractivity contribution in [3.8, 4) is 0 Å². The number of hydrogen-bond donors (Lipinski definition) is 2. The van der Waals surface area contributed by atoms with E-state index < -0.39 is 5.41 Å². The molecule has 6 heteroatoms. The molecule has 1 unspecified atom stereocenters. The van der Waals surface area contributed by atoms with Crippen molar-refractivity contribution in [1.29, 1.82) is 0 Å². The second kappa shape index (κ2) is 8.15. The Balaban J connectivity index is 0.00000324. The molecule has 1 aliphatic rings. The van der Waals surface area contributed by atoms with Gasteiger partial charge < -0.3 is 10.6 Å². The van der Waals surface area contributed by atoms with Crippen molar-refractivity contribution in [3.63, 3.8) is 0 Å². The number of thiocarbonyl (C=S) groups is 1. The normalized spacial score (nSPS) is 19.6. The zero-order valence-corrected chi connectivity index (χ0v) is 14.9. The van der Waals surface area contributed by atoms with E-state index in [0.29, 0.717) is 6.42 Å². The summed E-state index contributed by atoms with van der Waals surface area (Å²) in [6.07, 6.45) is 5.88. The number of amides is 2. The van der Waals surface area contributed by atoms with Crippen LogP contribution < -0.4 is 10.6 Å². The average Bonchev–Trinajstić information content (AvgIpc) is 2.28. The van der Waals surface area contributed by atoms with Crippen LogP contribution in [0.2, 0.25) is 0 Å². The summed E-state index contributed by atoms with van der Waals surface area (Å²) >= 11 is 4.84. The van der Waals surface area contributed by atoms with E-state index in [1.165, 1.54) is 0 Å². The number of carbonyl (C=O) groups is 2. The monoisotopic (exact) mass is 291 g/mol. The van der Waals surface area contributed by atoms with Gasteiger partial charge in [-0.1, -0.05) is 32.4 Å². The Morgan fingerprint density at radius 3 is 2.26 bits per heavy atom. The van der Waals surface area contributed by atoms with Gasteiger partial charge >= 0.3 is 0 Å². The number of hydrogen-bond acceptors (Lipinski definition) is 3. The molecule has 1 rings (SSSR count). The number of allylic oxidation sites excluding steroid dienone is 2. The number of carbonyl (C=O) groups excluding carboxylic acids is 2. The van der Waals surface area contributed by atoms with Crippen LogP contribution in [0, 0.1) is 11.3 Å². The van der Waals surface area contributed by atoms with E-state index in [1.54, 1.807) is 0 Å². The fraction of sp³-hybridized carbons (Fsp3) is 0.615. The molecule has 1 saturated heterocycles. The summed E-state index contributed by atoms with van der Waals surface area (Å²) in [5.74, 6) is -0.590. The van der Waals surface area contributed by atoms with Crippen LogP contribution in [-0.2, 0) is 9.59 Å². The maximum absolute atomic E-state index is 12.3. The fourth-order valence-corrected chi connectivity index (χ4v) is 2.57. The molecule has 0 aromatic rings. The second-order valence-corrected chi connectivity index (χ2v) is 5.08. The topological polar surface area (TPSA) is 58.2 Å². The molecular formula is C13H20N2NaO2S. The average molecular weight is 291 g/mol. The van der Waals surface area contributed by atoms with E-state index in [2.05, 4.69) is 10.6 Å². The van der Waals surface area contributed by atoms with Gasteiger partial charge in [0, 0.05) is 29.6 Å². The quantitative estimate of drug-likeness (QED) is 0.349. The minimum Gasteiger partial charge on any atom is -0.302 e. The van der Waals surface area contributed by atoms with Crippen molar-refractivity contribution in [2.24, 2.45) is 11.3 Å². The van der Waals surface area contributed by atoms with E-state index >= 15 is 0 Å². The molecule has 19 heavy (non-hydrogen) atoms. The van der Waals surface area contributed by atoms with Gasteiger partial charge in [0.2, 0.25) is 11.8 Å². The Morgan fingerprint density at radius 2 is 1.84 bits per heavy atom. The van der Waals surface area contributed by atoms with E-state index in [9.17, 15) is 9.59 Å². The van der Waals surface area contributed by atoms with E-state index in [1.807, 2.05) is 32.9 Å². The molecule has 1 radical (unpaired) electrons. The van der Waals surface area contributed by atoms with Gasteiger partial charge in [0.25, 0.3) is 0 Å². The summed E-state index contributed by atoms with van der Waals surface area (Å²) in [6, 6.07) is 0. The first-order valence-corrected chi connectivity index (χ1v) is 6.67. The largest absolute Gasteiger partial charge is 0.302 e. The Morgan fingerprint density at radius 1 is 1.32 bits per heavy atom. The molecule has 0 spiro atoms. The van der Waals surface area contributed by atoms with Gasteiger partial charge in [0.1, 0.15) is 5.41 Å². The van der Waals surface area contributed by atoms with E-state index in [0.717, 1.165) is 12.8 Å². The SMILES string of the molecule is CC=CCC1(C(C)CCC)C(=O)NC(=S)NC1=O.[Na]. The summed E-state index contributed by atoms with van der Waals surface area (Å²) in [7, 11) is 0. The van der Waals surface area contributed by atoms with Crippen LogP contribution in [0.25, 0.3) is 0 Å². The Bertz CT molecular complexity index is 376. The molecule has 1 heterocycles. The smallest absolute Gasteiger partial charge is 0.242 e. The van der Waals surface area contributed by atoms with Crippen molar-refractivity contribution in [2.75, 3.05) is 0 Å². The molecule has 0 aromatic heterocycles. The van der Waals surface area contributed by atoms with Crippen LogP contribution in [0.15, 0.2) is 12.2 Å². The number of nitrogens with one attached hydrogen (secondary N) is 2. The zero-order valence-electron chi connectivity index (χ0n) is 12.1. The van der Waals surface area contributed by atoms with Crippen molar-refractivity contribution in [1.82, 2.24) is 10.6 Å². The first-order valence-electron chi connectivity index (χ1n) is 6.27. The van der Waals surface area contributed by atoms with Gasteiger partial charge in [-0.05, 0) is 37.9 Å². The van der Waals surface area contributed by atoms with Gasteiger partial charge in [-0.2, -0.15) is 0 Å². The Labute approximate surface area is 142 Å². The molecule has 0 saturated carbocycles. The van der Waals surface area contributed by atoms with Crippen LogP contribution in [-0.4, -0.2) is 46.5 Å². The van der Waals surface area contributed by atoms with Crippen molar-refractivity contribution in [3.05, 3.63) is 12.2 Å². The summed E-state index contributed by atoms with van der Waals surface area (Å²) in [5.41, 5.74) is -1.04. The van der Waals surface area contributed by atoms with Crippen LogP contribution in [0.1, 0.15) is 40.0 Å². The first kappa shape index (κ1) is 18.8. The van der Waals surface area contributed by atoms with Crippen molar-refractivity contribution in [2.45, 2.75) is 40.0 Å². The molecule has 0 aliphatic carbocycles. The minimum atomic E-state index is -1.04. The van der Waals surface area contributed by atoms with Gasteiger partial charge in [-0.15, -0.1) is 0 Å². The third kappa shape index (κ3) is 3.88. The molecule has 0 bridgehead atoms. The molecule has 4 nitrogen and oxygen atoms in total. The maximum Gasteiger partial charge on any atom is 0.242 e. The summed E-state index contributed by atoms with van der Waals surface area (Å²) in [5, 5.41) is 5.25. The number of rotatable bonds is 5. The van der Waals surface area contributed by atoms with Gasteiger partial charge in [0.05, 0.1) is 0 Å². The van der Waals surface area contributed by atoms with Crippen molar-refractivity contribution >= 4 is 58.7 Å². The Kier molecular flexibility index (Phi) is 8.05. The fourth-order valence-electron chi connectivity index (χ4n) is 2.38. The van der Waals surface area contributed by atoms with Crippen LogP contribution in [0.5, 0.6) is 0 Å². The molecule has 2 amide bonds. The van der Waals surface area contributed by atoms with Gasteiger partial charge in [-0.3, -0.25) is 9.59 Å². The molecule has 0 aromatic carbocycles. The standard InChI is InChI=1S/C13H20N2O2S.Na/c1-4-6-8-13(9(3)7-5-2)10(16)14-12(18)15-11(13)17;/h4,6,9H,5,7-8H2,1-3H3,(H2,14,15,16,17,18);. The minimum absolute atomic E-state index is 0. The Hall–Kier alpha value is -0.230. The molecule has 101 valence electrons. The molecule has 1 aliphatic heterocycles. The second-order valence-electron chi connectivity index (χ2n) is 4.67. The molecule has 1 fully saturated rings. The van der Waals surface area contributed by atoms with E-state index in [-0.39, 0.29) is 52.4 Å². The van der Waals surface area contributed by atoms with Gasteiger partial charge in [-0.25, -0.2) is 0 Å². The zero-order chi connectivity index (χ0) is 13.8. The van der Waals surface area contributed by atoms with Crippen LogP contribution in [0.3, 0.4) is 0 Å². The third-order valence-electron chi connectivity index (χ3n) is 3.50. The van der Waals surface area contributed by atoms with E-state index in [4.69, 9.17) is 12.2 Å². The maximum atomic E-state index is 12.3. The van der Waals surface area contributed by atoms with Crippen LogP contribution in [0.4, 0.5) is 0 Å². The first-order chi connectivity index (χ1) is 8.48. The summed E-state index contributed by atoms with van der Waals surface area (Å²) < 4.78 is 0. The molecule has 2 N–H and O–H groups in total. The van der Waals surface area contributed by atoms with Gasteiger partial charge in [0.15, 0.2) is 5.11 Å². The van der Waals surface area contributed by atoms with Crippen LogP contribution >= 0.6 is 12.2 Å². The molecular weight excluding hydrogens is 271 g/mol. The van der Waals surface area contributed by atoms with Crippen molar-refractivity contribution < 1.29 is 9.59 Å². The summed E-state index contributed by atoms with van der Waals surface area (Å²) in [4.78, 5) is 24.5. The summed E-state index contributed by atoms with van der Waals surface area (Å²) in [6.45, 7) is 5.87. The predicted octanol–water partition coefficient (Wildman–Crippen LogP) is 1.53. The third-order valence-corrected chi connectivity index (χ3v) is 3.71. The predicted molar refractivity (Wildman–Crippen MR) is 80.6 cm³/mol.